The molecule has 0 aliphatic carbocycles. The lowest BCUT2D eigenvalue weighted by Crippen LogP contribution is -1.77. The molecule has 0 spiro atoms. The molecule has 2 aromatic rings. The summed E-state index contributed by atoms with van der Waals surface area (Å²) in [6, 6.07) is 5.24. The predicted octanol–water partition coefficient (Wildman–Crippen LogP) is 3.39. The Morgan fingerprint density at radius 2 is 2.29 bits per heavy atom. The second-order valence-corrected chi connectivity index (χ2v) is 4.35. The van der Waals surface area contributed by atoms with E-state index in [1.54, 1.807) is 18.4 Å². The molecule has 0 amide bonds. The third-order valence-corrected chi connectivity index (χ3v) is 3.02. The maximum Gasteiger partial charge on any atom is 0.137 e. The topological polar surface area (TPSA) is 33.4 Å². The Bertz CT molecular complexity index is 434. The van der Waals surface area contributed by atoms with Crippen LogP contribution >= 0.6 is 11.8 Å². The van der Waals surface area contributed by atoms with E-state index in [2.05, 4.69) is 6.92 Å². The van der Waals surface area contributed by atoms with Gasteiger partial charge in [-0.05, 0) is 17.9 Å². The number of fused-ring (bicyclic) bond motifs is 1. The van der Waals surface area contributed by atoms with Crippen LogP contribution in [0.3, 0.4) is 0 Å². The molecule has 0 saturated carbocycles. The van der Waals surface area contributed by atoms with Gasteiger partial charge in [-0.25, -0.2) is 0 Å². The molecule has 0 radical (unpaired) electrons. The van der Waals surface area contributed by atoms with Crippen molar-refractivity contribution in [1.82, 2.24) is 0 Å². The van der Waals surface area contributed by atoms with Gasteiger partial charge < -0.3 is 9.52 Å². The summed E-state index contributed by atoms with van der Waals surface area (Å²) >= 11 is 1.86. The highest BCUT2D eigenvalue weighted by molar-refractivity contribution is 7.98. The van der Waals surface area contributed by atoms with Crippen molar-refractivity contribution in [2.75, 3.05) is 5.75 Å². The van der Waals surface area contributed by atoms with Crippen LogP contribution in [0.25, 0.3) is 11.0 Å². The summed E-state index contributed by atoms with van der Waals surface area (Å²) in [4.78, 5) is 0. The average Bonchev–Trinajstić information content (AvgIpc) is 2.57. The van der Waals surface area contributed by atoms with Crippen LogP contribution in [0.5, 0.6) is 5.75 Å². The van der Waals surface area contributed by atoms with Gasteiger partial charge >= 0.3 is 0 Å². The second kappa shape index (κ2) is 3.96. The number of thioether (sulfide) groups is 1. The maximum atomic E-state index is 9.25. The first kappa shape index (κ1) is 9.46. The normalized spacial score (nSPS) is 10.9. The number of furan rings is 1. The highest BCUT2D eigenvalue weighted by atomic mass is 32.2. The van der Waals surface area contributed by atoms with Gasteiger partial charge in [-0.1, -0.05) is 6.92 Å². The molecule has 0 aliphatic rings. The molecule has 1 aromatic carbocycles. The van der Waals surface area contributed by atoms with E-state index < -0.39 is 0 Å². The van der Waals surface area contributed by atoms with Crippen LogP contribution in [-0.4, -0.2) is 10.9 Å². The molecule has 3 heteroatoms. The predicted molar refractivity (Wildman–Crippen MR) is 59.7 cm³/mol. The van der Waals surface area contributed by atoms with Gasteiger partial charge in [0.05, 0.1) is 6.26 Å². The van der Waals surface area contributed by atoms with Crippen LogP contribution in [0, 0.1) is 0 Å². The average molecular weight is 208 g/mol. The van der Waals surface area contributed by atoms with Gasteiger partial charge in [-0.3, -0.25) is 0 Å². The number of phenols is 1. The molecule has 1 N–H and O–H groups in total. The van der Waals surface area contributed by atoms with Crippen molar-refractivity contribution in [3.63, 3.8) is 0 Å². The molecule has 2 nitrogen and oxygen atoms in total. The van der Waals surface area contributed by atoms with Crippen LogP contribution in [-0.2, 0) is 5.75 Å². The largest absolute Gasteiger partial charge is 0.508 e. The van der Waals surface area contributed by atoms with Gasteiger partial charge in [-0.15, -0.1) is 0 Å². The number of hydrogen-bond acceptors (Lipinski definition) is 3. The Kier molecular flexibility index (Phi) is 2.68. The molecule has 1 heterocycles. The van der Waals surface area contributed by atoms with Crippen molar-refractivity contribution in [1.29, 1.82) is 0 Å². The Labute approximate surface area is 86.9 Å². The summed E-state index contributed by atoms with van der Waals surface area (Å²) in [6.45, 7) is 2.14. The zero-order valence-electron chi connectivity index (χ0n) is 7.99. The number of hydrogen-bond donors (Lipinski definition) is 1. The number of phenolic OH excluding ortho intramolecular Hbond substituents is 1. The van der Waals surface area contributed by atoms with Crippen molar-refractivity contribution >= 4 is 22.7 Å². The minimum atomic E-state index is 0.251. The van der Waals surface area contributed by atoms with Crippen molar-refractivity contribution in [3.05, 3.63) is 30.0 Å². The Balaban J connectivity index is 2.37. The maximum absolute atomic E-state index is 9.25. The minimum Gasteiger partial charge on any atom is -0.508 e. The first-order valence-corrected chi connectivity index (χ1v) is 5.73. The molecule has 0 fully saturated rings. The number of aromatic hydroxyl groups is 1. The fourth-order valence-electron chi connectivity index (χ4n) is 1.40. The van der Waals surface area contributed by atoms with Crippen LogP contribution < -0.4 is 0 Å². The lowest BCUT2D eigenvalue weighted by Gasteiger charge is -1.95. The Morgan fingerprint density at radius 3 is 3.07 bits per heavy atom. The lowest BCUT2D eigenvalue weighted by molar-refractivity contribution is 0.474. The van der Waals surface area contributed by atoms with Crippen LogP contribution in [0.4, 0.5) is 0 Å². The summed E-state index contributed by atoms with van der Waals surface area (Å²) in [6.07, 6.45) is 1.77. The Hall–Kier alpha value is -1.09. The molecule has 0 aliphatic heterocycles. The van der Waals surface area contributed by atoms with E-state index in [0.29, 0.717) is 0 Å². The third kappa shape index (κ3) is 1.73. The highest BCUT2D eigenvalue weighted by Gasteiger charge is 2.05. The third-order valence-electron chi connectivity index (χ3n) is 2.10. The highest BCUT2D eigenvalue weighted by Crippen LogP contribution is 2.27. The standard InChI is InChI=1S/C11H12O2S/c1-2-14-7-8-6-13-11-5-9(12)3-4-10(8)11/h3-6,12H,2,7H2,1H3. The van der Waals surface area contributed by atoms with E-state index >= 15 is 0 Å². The first-order chi connectivity index (χ1) is 6.81. The molecule has 0 bridgehead atoms. The quantitative estimate of drug-likeness (QED) is 0.839. The Morgan fingerprint density at radius 1 is 1.43 bits per heavy atom. The molecule has 0 atom stereocenters. The van der Waals surface area contributed by atoms with E-state index in [-0.39, 0.29) is 5.75 Å². The van der Waals surface area contributed by atoms with Crippen molar-refractivity contribution in [2.45, 2.75) is 12.7 Å². The summed E-state index contributed by atoms with van der Waals surface area (Å²) in [7, 11) is 0. The van der Waals surface area contributed by atoms with E-state index in [0.717, 1.165) is 22.5 Å². The lowest BCUT2D eigenvalue weighted by atomic mass is 10.2. The van der Waals surface area contributed by atoms with E-state index in [1.165, 1.54) is 5.56 Å². The summed E-state index contributed by atoms with van der Waals surface area (Å²) < 4.78 is 5.35. The van der Waals surface area contributed by atoms with Crippen LogP contribution in [0.2, 0.25) is 0 Å². The second-order valence-electron chi connectivity index (χ2n) is 3.08. The van der Waals surface area contributed by atoms with Crippen molar-refractivity contribution < 1.29 is 9.52 Å². The molecular weight excluding hydrogens is 196 g/mol. The first-order valence-electron chi connectivity index (χ1n) is 4.58. The van der Waals surface area contributed by atoms with Gasteiger partial charge in [0.25, 0.3) is 0 Å². The molecule has 74 valence electrons. The monoisotopic (exact) mass is 208 g/mol. The molecule has 14 heavy (non-hydrogen) atoms. The van der Waals surface area contributed by atoms with E-state index in [4.69, 9.17) is 4.42 Å². The van der Waals surface area contributed by atoms with E-state index in [9.17, 15) is 5.11 Å². The van der Waals surface area contributed by atoms with Crippen molar-refractivity contribution in [3.8, 4) is 5.75 Å². The van der Waals surface area contributed by atoms with Gasteiger partial charge in [0.2, 0.25) is 0 Å². The van der Waals surface area contributed by atoms with Crippen molar-refractivity contribution in [2.24, 2.45) is 0 Å². The van der Waals surface area contributed by atoms with Gasteiger partial charge in [0.15, 0.2) is 0 Å². The summed E-state index contributed by atoms with van der Waals surface area (Å²) in [5, 5.41) is 10.4. The number of rotatable bonds is 3. The number of benzene rings is 1. The molecule has 0 saturated heterocycles. The van der Waals surface area contributed by atoms with E-state index in [1.807, 2.05) is 17.8 Å². The molecule has 2 rings (SSSR count). The summed E-state index contributed by atoms with van der Waals surface area (Å²) in [5.74, 6) is 2.32. The molecule has 1 aromatic heterocycles. The zero-order chi connectivity index (χ0) is 9.97. The fraction of sp³-hybridized carbons (Fsp3) is 0.273. The fourth-order valence-corrected chi connectivity index (χ4v) is 2.04. The SMILES string of the molecule is CCSCc1coc2cc(O)ccc12. The van der Waals surface area contributed by atoms with Crippen LogP contribution in [0.1, 0.15) is 12.5 Å². The van der Waals surface area contributed by atoms with Crippen LogP contribution in [0.15, 0.2) is 28.9 Å². The van der Waals surface area contributed by atoms with Gasteiger partial charge in [-0.2, -0.15) is 11.8 Å². The molecule has 0 unspecified atom stereocenters. The minimum absolute atomic E-state index is 0.251. The molecular formula is C11H12O2S. The smallest absolute Gasteiger partial charge is 0.137 e. The van der Waals surface area contributed by atoms with Gasteiger partial charge in [0, 0.05) is 22.8 Å². The zero-order valence-corrected chi connectivity index (χ0v) is 8.80. The van der Waals surface area contributed by atoms with Gasteiger partial charge in [0.1, 0.15) is 11.3 Å². The summed E-state index contributed by atoms with van der Waals surface area (Å²) in [5.41, 5.74) is 1.96.